The van der Waals surface area contributed by atoms with E-state index in [0.717, 1.165) is 49.7 Å². The molecule has 0 unspecified atom stereocenters. The van der Waals surface area contributed by atoms with Gasteiger partial charge in [0.05, 0.1) is 11.4 Å². The van der Waals surface area contributed by atoms with Crippen LogP contribution >= 0.6 is 0 Å². The van der Waals surface area contributed by atoms with Crippen LogP contribution in [0.25, 0.3) is 17.1 Å². The monoisotopic (exact) mass is 401 g/mol. The van der Waals surface area contributed by atoms with Crippen molar-refractivity contribution in [1.29, 1.82) is 0 Å². The van der Waals surface area contributed by atoms with Crippen LogP contribution in [0, 0.1) is 0 Å². The van der Waals surface area contributed by atoms with Gasteiger partial charge in [-0.25, -0.2) is 9.97 Å². The molecule has 7 heteroatoms. The number of hydrogen-bond acceptors (Lipinski definition) is 6. The number of benzene rings is 1. The summed E-state index contributed by atoms with van der Waals surface area (Å²) in [7, 11) is 0. The summed E-state index contributed by atoms with van der Waals surface area (Å²) in [6.45, 7) is 5.22. The number of fused-ring (bicyclic) bond motifs is 1. The fourth-order valence-corrected chi connectivity index (χ4v) is 3.84. The van der Waals surface area contributed by atoms with Gasteiger partial charge in [-0.15, -0.1) is 0 Å². The van der Waals surface area contributed by atoms with Crippen molar-refractivity contribution in [3.63, 3.8) is 0 Å². The third-order valence-corrected chi connectivity index (χ3v) is 5.43. The Balaban J connectivity index is 1.18. The summed E-state index contributed by atoms with van der Waals surface area (Å²) >= 11 is 0. The molecule has 0 aliphatic carbocycles. The number of rotatable bonds is 5. The highest BCUT2D eigenvalue weighted by Crippen LogP contribution is 2.19. The van der Waals surface area contributed by atoms with Gasteiger partial charge in [-0.05, 0) is 24.3 Å². The Hall–Kier alpha value is -3.29. The van der Waals surface area contributed by atoms with Crippen LogP contribution in [0.15, 0.2) is 76.3 Å². The standard InChI is InChI=1S/C23H23N5O2/c29-22-14-19(24-21-8-4-5-9-28(21)22)15-26-10-12-27(13-11-26)16-20-17-30-23(25-20)18-6-2-1-3-7-18/h1-9,14,17H,10-13,15-16H2. The van der Waals surface area contributed by atoms with E-state index in [1.165, 1.54) is 0 Å². The number of pyridine rings is 1. The van der Waals surface area contributed by atoms with Crippen LogP contribution in [-0.4, -0.2) is 50.3 Å². The zero-order valence-corrected chi connectivity index (χ0v) is 16.6. The Kier molecular flexibility index (Phi) is 5.13. The molecule has 30 heavy (non-hydrogen) atoms. The van der Waals surface area contributed by atoms with E-state index in [1.54, 1.807) is 22.9 Å². The molecule has 3 aromatic heterocycles. The quantitative estimate of drug-likeness (QED) is 0.512. The zero-order chi connectivity index (χ0) is 20.3. The van der Waals surface area contributed by atoms with E-state index in [9.17, 15) is 4.79 Å². The molecule has 1 aliphatic heterocycles. The highest BCUT2D eigenvalue weighted by atomic mass is 16.3. The van der Waals surface area contributed by atoms with Gasteiger partial charge in [0.1, 0.15) is 11.9 Å². The molecule has 0 radical (unpaired) electrons. The summed E-state index contributed by atoms with van der Waals surface area (Å²) in [5.41, 5.74) is 3.43. The minimum atomic E-state index is -0.0329. The van der Waals surface area contributed by atoms with Crippen molar-refractivity contribution in [2.45, 2.75) is 13.1 Å². The number of nitrogens with zero attached hydrogens (tertiary/aromatic N) is 5. The third kappa shape index (κ3) is 4.03. The Morgan fingerprint density at radius 2 is 1.53 bits per heavy atom. The molecule has 7 nitrogen and oxygen atoms in total. The van der Waals surface area contributed by atoms with Crippen LogP contribution < -0.4 is 5.56 Å². The summed E-state index contributed by atoms with van der Waals surface area (Å²) in [6.07, 6.45) is 3.50. The first-order valence-electron chi connectivity index (χ1n) is 10.2. The molecule has 0 saturated carbocycles. The van der Waals surface area contributed by atoms with E-state index in [0.29, 0.717) is 18.1 Å². The number of piperazine rings is 1. The largest absolute Gasteiger partial charge is 0.444 e. The predicted octanol–water partition coefficient (Wildman–Crippen LogP) is 2.67. The normalized spacial score (nSPS) is 15.6. The first kappa shape index (κ1) is 18.7. The smallest absolute Gasteiger partial charge is 0.258 e. The SMILES string of the molecule is O=c1cc(CN2CCN(Cc3coc(-c4ccccc4)n3)CC2)nc2ccccn12. The summed E-state index contributed by atoms with van der Waals surface area (Å²) in [6, 6.07) is 17.2. The molecule has 4 heterocycles. The van der Waals surface area contributed by atoms with Gasteiger partial charge in [-0.3, -0.25) is 19.0 Å². The van der Waals surface area contributed by atoms with E-state index < -0.39 is 0 Å². The molecule has 1 aromatic carbocycles. The van der Waals surface area contributed by atoms with Crippen molar-refractivity contribution in [2.24, 2.45) is 0 Å². The highest BCUT2D eigenvalue weighted by Gasteiger charge is 2.19. The van der Waals surface area contributed by atoms with Crippen molar-refractivity contribution in [2.75, 3.05) is 26.2 Å². The lowest BCUT2D eigenvalue weighted by atomic mass is 10.2. The number of aromatic nitrogens is 3. The Morgan fingerprint density at radius 3 is 2.30 bits per heavy atom. The second kappa shape index (κ2) is 8.22. The molecule has 0 N–H and O–H groups in total. The molecule has 152 valence electrons. The van der Waals surface area contributed by atoms with Gasteiger partial charge in [-0.1, -0.05) is 24.3 Å². The average Bonchev–Trinajstić information content (AvgIpc) is 3.24. The Bertz CT molecular complexity index is 1190. The fourth-order valence-electron chi connectivity index (χ4n) is 3.84. The van der Waals surface area contributed by atoms with E-state index in [2.05, 4.69) is 19.8 Å². The van der Waals surface area contributed by atoms with E-state index in [1.807, 2.05) is 48.5 Å². The van der Waals surface area contributed by atoms with Crippen molar-refractivity contribution < 1.29 is 4.42 Å². The topological polar surface area (TPSA) is 66.9 Å². The maximum atomic E-state index is 12.3. The molecule has 1 aliphatic rings. The van der Waals surface area contributed by atoms with Gasteiger partial charge in [0.25, 0.3) is 5.56 Å². The molecule has 0 spiro atoms. The van der Waals surface area contributed by atoms with Crippen LogP contribution in [-0.2, 0) is 13.1 Å². The zero-order valence-electron chi connectivity index (χ0n) is 16.6. The van der Waals surface area contributed by atoms with Gasteiger partial charge in [0, 0.05) is 57.1 Å². The van der Waals surface area contributed by atoms with E-state index in [4.69, 9.17) is 4.42 Å². The lowest BCUT2D eigenvalue weighted by Gasteiger charge is -2.34. The molecule has 1 saturated heterocycles. The Morgan fingerprint density at radius 1 is 0.833 bits per heavy atom. The maximum Gasteiger partial charge on any atom is 0.258 e. The van der Waals surface area contributed by atoms with Gasteiger partial charge in [0.15, 0.2) is 0 Å². The molecule has 0 bridgehead atoms. The summed E-state index contributed by atoms with van der Waals surface area (Å²) < 4.78 is 7.22. The lowest BCUT2D eigenvalue weighted by molar-refractivity contribution is 0.120. The summed E-state index contributed by atoms with van der Waals surface area (Å²) in [4.78, 5) is 26.3. The Labute approximate surface area is 174 Å². The van der Waals surface area contributed by atoms with Crippen LogP contribution in [0.5, 0.6) is 0 Å². The van der Waals surface area contributed by atoms with Gasteiger partial charge < -0.3 is 4.42 Å². The third-order valence-electron chi connectivity index (χ3n) is 5.43. The maximum absolute atomic E-state index is 12.3. The van der Waals surface area contributed by atoms with Gasteiger partial charge in [-0.2, -0.15) is 0 Å². The van der Waals surface area contributed by atoms with Gasteiger partial charge in [0.2, 0.25) is 5.89 Å². The molecule has 0 amide bonds. The first-order valence-corrected chi connectivity index (χ1v) is 10.2. The van der Waals surface area contributed by atoms with E-state index in [-0.39, 0.29) is 5.56 Å². The second-order valence-electron chi connectivity index (χ2n) is 7.58. The van der Waals surface area contributed by atoms with Crippen molar-refractivity contribution >= 4 is 5.65 Å². The van der Waals surface area contributed by atoms with E-state index >= 15 is 0 Å². The van der Waals surface area contributed by atoms with Crippen molar-refractivity contribution in [3.8, 4) is 11.5 Å². The highest BCUT2D eigenvalue weighted by molar-refractivity contribution is 5.52. The molecule has 4 aromatic rings. The molecular formula is C23H23N5O2. The van der Waals surface area contributed by atoms with Crippen LogP contribution in [0.4, 0.5) is 0 Å². The molecule has 1 fully saturated rings. The van der Waals surface area contributed by atoms with Crippen molar-refractivity contribution in [3.05, 3.63) is 88.8 Å². The fraction of sp³-hybridized carbons (Fsp3) is 0.261. The van der Waals surface area contributed by atoms with Crippen LogP contribution in [0.1, 0.15) is 11.4 Å². The minimum absolute atomic E-state index is 0.0329. The first-order chi connectivity index (χ1) is 14.7. The molecular weight excluding hydrogens is 378 g/mol. The minimum Gasteiger partial charge on any atom is -0.444 e. The summed E-state index contributed by atoms with van der Waals surface area (Å²) in [5, 5.41) is 0. The van der Waals surface area contributed by atoms with Gasteiger partial charge >= 0.3 is 0 Å². The summed E-state index contributed by atoms with van der Waals surface area (Å²) in [5.74, 6) is 0.665. The van der Waals surface area contributed by atoms with Crippen LogP contribution in [0.3, 0.4) is 0 Å². The molecule has 5 rings (SSSR count). The number of oxazole rings is 1. The lowest BCUT2D eigenvalue weighted by Crippen LogP contribution is -2.45. The van der Waals surface area contributed by atoms with Crippen LogP contribution in [0.2, 0.25) is 0 Å². The number of hydrogen-bond donors (Lipinski definition) is 0. The second-order valence-corrected chi connectivity index (χ2v) is 7.58. The predicted molar refractivity (Wildman–Crippen MR) is 114 cm³/mol. The van der Waals surface area contributed by atoms with Crippen molar-refractivity contribution in [1.82, 2.24) is 24.2 Å². The molecule has 0 atom stereocenters. The average molecular weight is 401 g/mol.